The largest absolute Gasteiger partial charge is 0.367 e. The molecule has 2 aliphatic rings. The second-order valence-corrected chi connectivity index (χ2v) is 10.6. The highest BCUT2D eigenvalue weighted by atomic mass is 32.1. The third-order valence-corrected chi connectivity index (χ3v) is 7.88. The summed E-state index contributed by atoms with van der Waals surface area (Å²) in [6, 6.07) is 10.2. The van der Waals surface area contributed by atoms with E-state index in [9.17, 15) is 13.6 Å². The number of carbonyl (C=O) groups excluding carboxylic acids is 1. The Bertz CT molecular complexity index is 1470. The second-order valence-electron chi connectivity index (χ2n) is 9.36. The van der Waals surface area contributed by atoms with E-state index in [4.69, 9.17) is 0 Å². The number of anilines is 1. The number of nitrogens with zero attached hydrogens (tertiary/aromatic N) is 4. The van der Waals surface area contributed by atoms with Gasteiger partial charge in [0.05, 0.1) is 33.2 Å². The van der Waals surface area contributed by atoms with Crippen molar-refractivity contribution >= 4 is 34.1 Å². The number of rotatable bonds is 5. The van der Waals surface area contributed by atoms with Gasteiger partial charge in [-0.3, -0.25) is 9.78 Å². The van der Waals surface area contributed by atoms with Crippen LogP contribution in [0.4, 0.5) is 14.6 Å². The summed E-state index contributed by atoms with van der Waals surface area (Å²) < 4.78 is 27.1. The number of halogens is 2. The first-order valence-corrected chi connectivity index (χ1v) is 12.4. The Morgan fingerprint density at radius 3 is 2.74 bits per heavy atom. The minimum atomic E-state index is -0.958. The van der Waals surface area contributed by atoms with Gasteiger partial charge in [-0.25, -0.2) is 18.7 Å². The molecule has 4 aromatic rings. The van der Waals surface area contributed by atoms with Gasteiger partial charge in [0.1, 0.15) is 11.5 Å². The Balaban J connectivity index is 1.24. The molecule has 6 rings (SSSR count). The van der Waals surface area contributed by atoms with Crippen molar-refractivity contribution in [3.63, 3.8) is 0 Å². The molecule has 2 fully saturated rings. The van der Waals surface area contributed by atoms with E-state index >= 15 is 0 Å². The summed E-state index contributed by atoms with van der Waals surface area (Å²) in [5.74, 6) is -0.548. The standard InChI is InChI=1S/C26H23F2N5OS/c1-13-4-3-5-15(6-13)25-24(31-14(2)35-25)26(34)33-12-16-7-17(16)22(33)10-30-23-11-29-20-8-18(27)19(28)9-21(20)32-23/h3-6,8-9,11,16-17,22H,7,10,12H2,1-2H3,(H,30,32)/t16-,17-,22-/m1/s1. The number of benzene rings is 2. The number of piperidine rings is 1. The number of hydrogen-bond acceptors (Lipinski definition) is 6. The number of likely N-dealkylation sites (tertiary alicyclic amines) is 1. The fraction of sp³-hybridized carbons (Fsp3) is 0.308. The predicted molar refractivity (Wildman–Crippen MR) is 131 cm³/mol. The van der Waals surface area contributed by atoms with Gasteiger partial charge in [0.2, 0.25) is 0 Å². The van der Waals surface area contributed by atoms with Crippen molar-refractivity contribution in [3.05, 3.63) is 70.5 Å². The summed E-state index contributed by atoms with van der Waals surface area (Å²) >= 11 is 1.54. The van der Waals surface area contributed by atoms with Crippen molar-refractivity contribution in [3.8, 4) is 10.4 Å². The lowest BCUT2D eigenvalue weighted by Crippen LogP contribution is -2.42. The van der Waals surface area contributed by atoms with E-state index in [0.29, 0.717) is 36.4 Å². The van der Waals surface area contributed by atoms with E-state index in [-0.39, 0.29) is 23.0 Å². The molecule has 1 aliphatic heterocycles. The molecule has 2 aromatic carbocycles. The van der Waals surface area contributed by atoms with Gasteiger partial charge in [-0.2, -0.15) is 0 Å². The number of hydrogen-bond donors (Lipinski definition) is 1. The van der Waals surface area contributed by atoms with E-state index in [1.807, 2.05) is 36.9 Å². The van der Waals surface area contributed by atoms with Crippen molar-refractivity contribution in [2.75, 3.05) is 18.4 Å². The molecule has 2 aromatic heterocycles. The zero-order chi connectivity index (χ0) is 24.3. The third kappa shape index (κ3) is 4.03. The van der Waals surface area contributed by atoms with Crippen LogP contribution >= 0.6 is 11.3 Å². The molecular formula is C26H23F2N5OS. The summed E-state index contributed by atoms with van der Waals surface area (Å²) in [5.41, 5.74) is 3.21. The van der Waals surface area contributed by atoms with E-state index < -0.39 is 11.6 Å². The maximum absolute atomic E-state index is 13.7. The maximum Gasteiger partial charge on any atom is 0.274 e. The number of amides is 1. The summed E-state index contributed by atoms with van der Waals surface area (Å²) in [4.78, 5) is 29.7. The van der Waals surface area contributed by atoms with Gasteiger partial charge in [0, 0.05) is 25.2 Å². The molecule has 0 spiro atoms. The Labute approximate surface area is 205 Å². The second kappa shape index (κ2) is 8.34. The molecule has 1 aliphatic carbocycles. The van der Waals surface area contributed by atoms with Gasteiger partial charge < -0.3 is 10.2 Å². The first kappa shape index (κ1) is 22.0. The molecule has 6 nitrogen and oxygen atoms in total. The van der Waals surface area contributed by atoms with Gasteiger partial charge in [-0.15, -0.1) is 11.3 Å². The maximum atomic E-state index is 13.7. The molecule has 3 heterocycles. The van der Waals surface area contributed by atoms with Crippen LogP contribution < -0.4 is 5.32 Å². The lowest BCUT2D eigenvalue weighted by molar-refractivity contribution is 0.0711. The van der Waals surface area contributed by atoms with Crippen molar-refractivity contribution in [1.29, 1.82) is 0 Å². The Hall–Kier alpha value is -3.46. The molecule has 1 saturated heterocycles. The number of nitrogens with one attached hydrogen (secondary N) is 1. The summed E-state index contributed by atoms with van der Waals surface area (Å²) in [7, 11) is 0. The van der Waals surface area contributed by atoms with Crippen molar-refractivity contribution in [2.24, 2.45) is 11.8 Å². The molecule has 0 radical (unpaired) electrons. The summed E-state index contributed by atoms with van der Waals surface area (Å²) in [6.45, 7) is 5.18. The van der Waals surface area contributed by atoms with E-state index in [1.54, 1.807) is 11.3 Å². The van der Waals surface area contributed by atoms with Crippen LogP contribution in [0.3, 0.4) is 0 Å². The number of aryl methyl sites for hydroxylation is 2. The highest BCUT2D eigenvalue weighted by Gasteiger charge is 2.54. The minimum absolute atomic E-state index is 0.00214. The molecule has 9 heteroatoms. The summed E-state index contributed by atoms with van der Waals surface area (Å²) in [6.07, 6.45) is 2.61. The molecule has 0 bridgehead atoms. The van der Waals surface area contributed by atoms with Gasteiger partial charge in [-0.05, 0) is 37.7 Å². The van der Waals surface area contributed by atoms with Crippen LogP contribution in [0.5, 0.6) is 0 Å². The average molecular weight is 492 g/mol. The lowest BCUT2D eigenvalue weighted by atomic mass is 10.1. The van der Waals surface area contributed by atoms with Crippen LogP contribution in [-0.2, 0) is 0 Å². The lowest BCUT2D eigenvalue weighted by Gasteiger charge is -2.27. The molecule has 1 amide bonds. The van der Waals surface area contributed by atoms with Crippen LogP contribution in [0.15, 0.2) is 42.6 Å². The number of aromatic nitrogens is 3. The highest BCUT2D eigenvalue weighted by molar-refractivity contribution is 7.15. The van der Waals surface area contributed by atoms with Gasteiger partial charge in [0.15, 0.2) is 11.6 Å². The Morgan fingerprint density at radius 2 is 1.94 bits per heavy atom. The SMILES string of the molecule is Cc1cccc(-c2sc(C)nc2C(=O)N2C[C@H]3C[C@H]3[C@H]2CNc2cnc3cc(F)c(F)cc3n2)c1. The van der Waals surface area contributed by atoms with Crippen molar-refractivity contribution in [2.45, 2.75) is 26.3 Å². The van der Waals surface area contributed by atoms with E-state index in [1.165, 1.54) is 6.20 Å². The Kier molecular flexibility index (Phi) is 5.25. The topological polar surface area (TPSA) is 71.0 Å². The normalized spacial score (nSPS) is 20.8. The van der Waals surface area contributed by atoms with Crippen LogP contribution in [0.1, 0.15) is 27.5 Å². The van der Waals surface area contributed by atoms with Crippen molar-refractivity contribution < 1.29 is 13.6 Å². The highest BCUT2D eigenvalue weighted by Crippen LogP contribution is 2.50. The number of thiazole rings is 1. The van der Waals surface area contributed by atoms with Crippen LogP contribution in [0, 0.1) is 37.3 Å². The van der Waals surface area contributed by atoms with Gasteiger partial charge >= 0.3 is 0 Å². The third-order valence-electron chi connectivity index (χ3n) is 6.86. The monoisotopic (exact) mass is 491 g/mol. The van der Waals surface area contributed by atoms with Gasteiger partial charge in [0.25, 0.3) is 5.91 Å². The van der Waals surface area contributed by atoms with Crippen molar-refractivity contribution in [1.82, 2.24) is 19.9 Å². The van der Waals surface area contributed by atoms with E-state index in [2.05, 4.69) is 26.3 Å². The molecule has 178 valence electrons. The number of carbonyl (C=O) groups is 1. The summed E-state index contributed by atoms with van der Waals surface area (Å²) in [5, 5.41) is 4.12. The quantitative estimate of drug-likeness (QED) is 0.414. The fourth-order valence-corrected chi connectivity index (χ4v) is 5.97. The molecule has 0 unspecified atom stereocenters. The first-order valence-electron chi connectivity index (χ1n) is 11.6. The van der Waals surface area contributed by atoms with Gasteiger partial charge in [-0.1, -0.05) is 29.8 Å². The van der Waals surface area contributed by atoms with E-state index in [0.717, 1.165) is 39.6 Å². The molecule has 1 N–H and O–H groups in total. The molecular weight excluding hydrogens is 468 g/mol. The first-order chi connectivity index (χ1) is 16.9. The molecule has 35 heavy (non-hydrogen) atoms. The van der Waals surface area contributed by atoms with Crippen LogP contribution in [0.25, 0.3) is 21.5 Å². The molecule has 3 atom stereocenters. The minimum Gasteiger partial charge on any atom is -0.367 e. The fourth-order valence-electron chi connectivity index (χ4n) is 5.06. The zero-order valence-electron chi connectivity index (χ0n) is 19.3. The molecule has 1 saturated carbocycles. The smallest absolute Gasteiger partial charge is 0.274 e. The predicted octanol–water partition coefficient (Wildman–Crippen LogP) is 5.22. The Morgan fingerprint density at radius 1 is 1.14 bits per heavy atom. The number of fused-ring (bicyclic) bond motifs is 2. The van der Waals surface area contributed by atoms with Crippen LogP contribution in [0.2, 0.25) is 0 Å². The zero-order valence-corrected chi connectivity index (χ0v) is 20.1. The van der Waals surface area contributed by atoms with Crippen LogP contribution in [-0.4, -0.2) is 44.9 Å². The average Bonchev–Trinajstić information content (AvgIpc) is 3.34.